The lowest BCUT2D eigenvalue weighted by molar-refractivity contribution is -0.120. The van der Waals surface area contributed by atoms with Crippen molar-refractivity contribution >= 4 is 11.6 Å². The van der Waals surface area contributed by atoms with Gasteiger partial charge in [0.2, 0.25) is 5.91 Å². The van der Waals surface area contributed by atoms with Crippen LogP contribution in [-0.2, 0) is 4.79 Å². The van der Waals surface area contributed by atoms with E-state index >= 15 is 0 Å². The molecule has 1 saturated heterocycles. The van der Waals surface area contributed by atoms with Crippen molar-refractivity contribution in [2.45, 2.75) is 45.1 Å². The number of benzene rings is 1. The highest BCUT2D eigenvalue weighted by atomic mass is 19.1. The minimum Gasteiger partial charge on any atom is -0.325 e. The summed E-state index contributed by atoms with van der Waals surface area (Å²) in [6.07, 6.45) is 6.14. The number of hydrogen-bond donors (Lipinski definition) is 1. The summed E-state index contributed by atoms with van der Waals surface area (Å²) in [6, 6.07) is 5.76. The molecule has 1 aromatic rings. The maximum Gasteiger partial charge on any atom is 0.241 e. The van der Waals surface area contributed by atoms with Crippen molar-refractivity contribution in [1.29, 1.82) is 0 Å². The molecule has 0 aliphatic carbocycles. The Hall–Kier alpha value is -1.42. The van der Waals surface area contributed by atoms with Crippen LogP contribution in [0.4, 0.5) is 10.1 Å². The third-order valence-corrected chi connectivity index (χ3v) is 3.93. The van der Waals surface area contributed by atoms with Crippen molar-refractivity contribution in [1.82, 2.24) is 4.90 Å². The van der Waals surface area contributed by atoms with Crippen LogP contribution in [0, 0.1) is 5.82 Å². The van der Waals surface area contributed by atoms with Crippen LogP contribution in [0.2, 0.25) is 0 Å². The van der Waals surface area contributed by atoms with E-state index in [-0.39, 0.29) is 17.8 Å². The van der Waals surface area contributed by atoms with E-state index in [1.807, 2.05) is 6.92 Å². The molecule has 1 atom stereocenters. The summed E-state index contributed by atoms with van der Waals surface area (Å²) in [7, 11) is 0. The zero-order chi connectivity index (χ0) is 14.4. The number of nitrogens with zero attached hydrogens (tertiary/aromatic N) is 1. The van der Waals surface area contributed by atoms with Crippen LogP contribution in [0.5, 0.6) is 0 Å². The zero-order valence-electron chi connectivity index (χ0n) is 12.1. The monoisotopic (exact) mass is 278 g/mol. The number of nitrogens with one attached hydrogen (secondary N) is 1. The zero-order valence-corrected chi connectivity index (χ0v) is 12.1. The molecule has 20 heavy (non-hydrogen) atoms. The van der Waals surface area contributed by atoms with E-state index < -0.39 is 0 Å². The standard InChI is InChI=1S/C16H23FN2O/c1-13(19-11-5-3-2-4-6-12-19)16(20)18-15-9-7-14(17)8-10-15/h7-10,13H,2-6,11-12H2,1H3,(H,18,20)/t13-/m0/s1. The van der Waals surface area contributed by atoms with E-state index in [1.165, 1.54) is 31.4 Å². The van der Waals surface area contributed by atoms with E-state index in [0.29, 0.717) is 5.69 Å². The molecule has 110 valence electrons. The first-order valence-electron chi connectivity index (χ1n) is 7.47. The maximum atomic E-state index is 12.8. The normalized spacial score (nSPS) is 18.9. The smallest absolute Gasteiger partial charge is 0.241 e. The third-order valence-electron chi connectivity index (χ3n) is 3.93. The molecule has 1 aliphatic rings. The molecule has 0 aromatic heterocycles. The Morgan fingerprint density at radius 2 is 1.65 bits per heavy atom. The summed E-state index contributed by atoms with van der Waals surface area (Å²) in [4.78, 5) is 14.5. The van der Waals surface area contributed by atoms with Gasteiger partial charge in [0.1, 0.15) is 5.82 Å². The average molecular weight is 278 g/mol. The van der Waals surface area contributed by atoms with Crippen molar-refractivity contribution in [3.05, 3.63) is 30.1 Å². The first kappa shape index (κ1) is 15.0. The van der Waals surface area contributed by atoms with Gasteiger partial charge in [-0.15, -0.1) is 0 Å². The van der Waals surface area contributed by atoms with Gasteiger partial charge in [-0.2, -0.15) is 0 Å². The second-order valence-corrected chi connectivity index (χ2v) is 5.48. The lowest BCUT2D eigenvalue weighted by Gasteiger charge is -2.29. The van der Waals surface area contributed by atoms with Gasteiger partial charge >= 0.3 is 0 Å². The third kappa shape index (κ3) is 4.30. The van der Waals surface area contributed by atoms with Crippen molar-refractivity contribution in [2.24, 2.45) is 0 Å². The molecule has 2 rings (SSSR count). The molecule has 1 amide bonds. The van der Waals surface area contributed by atoms with Crippen molar-refractivity contribution in [3.63, 3.8) is 0 Å². The molecule has 0 unspecified atom stereocenters. The molecule has 0 saturated carbocycles. The van der Waals surface area contributed by atoms with E-state index in [9.17, 15) is 9.18 Å². The predicted molar refractivity (Wildman–Crippen MR) is 79.1 cm³/mol. The minimum atomic E-state index is -0.292. The van der Waals surface area contributed by atoms with Crippen LogP contribution in [-0.4, -0.2) is 29.9 Å². The highest BCUT2D eigenvalue weighted by Gasteiger charge is 2.21. The first-order valence-corrected chi connectivity index (χ1v) is 7.47. The number of hydrogen-bond acceptors (Lipinski definition) is 2. The Bertz CT molecular complexity index is 425. The average Bonchev–Trinajstić information content (AvgIpc) is 2.40. The molecule has 1 N–H and O–H groups in total. The van der Waals surface area contributed by atoms with Gasteiger partial charge in [0, 0.05) is 5.69 Å². The molecule has 1 fully saturated rings. The molecule has 3 nitrogen and oxygen atoms in total. The summed E-state index contributed by atoms with van der Waals surface area (Å²) >= 11 is 0. The topological polar surface area (TPSA) is 32.3 Å². The van der Waals surface area contributed by atoms with Gasteiger partial charge < -0.3 is 5.32 Å². The van der Waals surface area contributed by atoms with Crippen LogP contribution in [0.25, 0.3) is 0 Å². The largest absolute Gasteiger partial charge is 0.325 e. The van der Waals surface area contributed by atoms with Gasteiger partial charge in [0.25, 0.3) is 0 Å². The second kappa shape index (κ2) is 7.39. The summed E-state index contributed by atoms with van der Waals surface area (Å²) < 4.78 is 12.8. The number of amides is 1. The van der Waals surface area contributed by atoms with Crippen LogP contribution < -0.4 is 5.32 Å². The summed E-state index contributed by atoms with van der Waals surface area (Å²) in [5, 5.41) is 2.85. The number of likely N-dealkylation sites (tertiary alicyclic amines) is 1. The molecule has 4 heteroatoms. The van der Waals surface area contributed by atoms with Crippen molar-refractivity contribution in [3.8, 4) is 0 Å². The van der Waals surface area contributed by atoms with E-state index in [4.69, 9.17) is 0 Å². The van der Waals surface area contributed by atoms with Gasteiger partial charge in [0.05, 0.1) is 6.04 Å². The number of rotatable bonds is 3. The van der Waals surface area contributed by atoms with Crippen LogP contribution in [0.15, 0.2) is 24.3 Å². The quantitative estimate of drug-likeness (QED) is 0.919. The van der Waals surface area contributed by atoms with Gasteiger partial charge in [-0.1, -0.05) is 19.3 Å². The lowest BCUT2D eigenvalue weighted by Crippen LogP contribution is -2.43. The number of anilines is 1. The molecular formula is C16H23FN2O. The molecule has 1 heterocycles. The SMILES string of the molecule is C[C@@H](C(=O)Nc1ccc(F)cc1)N1CCCCCCC1. The van der Waals surface area contributed by atoms with Crippen LogP contribution >= 0.6 is 0 Å². The van der Waals surface area contributed by atoms with Crippen LogP contribution in [0.1, 0.15) is 39.0 Å². The Morgan fingerprint density at radius 3 is 2.25 bits per heavy atom. The maximum absolute atomic E-state index is 12.8. The number of halogens is 1. The van der Waals surface area contributed by atoms with E-state index in [0.717, 1.165) is 25.9 Å². The second-order valence-electron chi connectivity index (χ2n) is 5.48. The highest BCUT2D eigenvalue weighted by Crippen LogP contribution is 2.14. The summed E-state index contributed by atoms with van der Waals surface area (Å²) in [6.45, 7) is 3.91. The molecule has 0 spiro atoms. The van der Waals surface area contributed by atoms with E-state index in [1.54, 1.807) is 12.1 Å². The van der Waals surface area contributed by atoms with Crippen molar-refractivity contribution in [2.75, 3.05) is 18.4 Å². The van der Waals surface area contributed by atoms with Gasteiger partial charge in [-0.05, 0) is 57.1 Å². The number of carbonyl (C=O) groups excluding carboxylic acids is 1. The Balaban J connectivity index is 1.91. The predicted octanol–water partition coefficient (Wildman–Crippen LogP) is 3.42. The molecule has 1 aromatic carbocycles. The summed E-state index contributed by atoms with van der Waals surface area (Å²) in [5.74, 6) is -0.308. The first-order chi connectivity index (χ1) is 9.66. The minimum absolute atomic E-state index is 0.0165. The molecule has 0 bridgehead atoms. The number of carbonyl (C=O) groups is 1. The molecule has 1 aliphatic heterocycles. The highest BCUT2D eigenvalue weighted by molar-refractivity contribution is 5.94. The fraction of sp³-hybridized carbons (Fsp3) is 0.562. The Morgan fingerprint density at radius 1 is 1.10 bits per heavy atom. The summed E-state index contributed by atoms with van der Waals surface area (Å²) in [5.41, 5.74) is 0.648. The fourth-order valence-corrected chi connectivity index (χ4v) is 2.60. The Kier molecular flexibility index (Phi) is 5.53. The lowest BCUT2D eigenvalue weighted by atomic mass is 10.1. The van der Waals surface area contributed by atoms with Crippen molar-refractivity contribution < 1.29 is 9.18 Å². The fourth-order valence-electron chi connectivity index (χ4n) is 2.60. The molecular weight excluding hydrogens is 255 g/mol. The van der Waals surface area contributed by atoms with E-state index in [2.05, 4.69) is 10.2 Å². The molecule has 0 radical (unpaired) electrons. The van der Waals surface area contributed by atoms with Crippen LogP contribution in [0.3, 0.4) is 0 Å². The van der Waals surface area contributed by atoms with Gasteiger partial charge in [-0.3, -0.25) is 9.69 Å². The Labute approximate surface area is 120 Å². The van der Waals surface area contributed by atoms with Gasteiger partial charge in [-0.25, -0.2) is 4.39 Å². The van der Waals surface area contributed by atoms with Gasteiger partial charge in [0.15, 0.2) is 0 Å².